The van der Waals surface area contributed by atoms with Crippen molar-refractivity contribution in [2.45, 2.75) is 22.8 Å². The van der Waals surface area contributed by atoms with Crippen molar-refractivity contribution < 1.29 is 4.74 Å². The molecule has 4 unspecified atom stereocenters. The number of hydrazone groups is 1. The lowest BCUT2D eigenvalue weighted by Gasteiger charge is -2.58. The molecular weight excluding hydrogens is 997 g/mol. The van der Waals surface area contributed by atoms with Gasteiger partial charge in [0.25, 0.3) is 0 Å². The van der Waals surface area contributed by atoms with Crippen LogP contribution < -0.4 is 9.75 Å². The molecule has 0 N–H and O–H groups in total. The van der Waals surface area contributed by atoms with Crippen molar-refractivity contribution in [1.82, 2.24) is 9.78 Å². The highest BCUT2D eigenvalue weighted by Gasteiger charge is 2.82. The molecule has 5 heteroatoms. The monoisotopic (exact) mass is 1010 g/mol. The number of ether oxygens (including phenoxy) is 1. The summed E-state index contributed by atoms with van der Waals surface area (Å²) in [4.78, 5) is 0. The third-order valence-electron chi connectivity index (χ3n) is 27.9. The maximum absolute atomic E-state index is 6.69. The van der Waals surface area contributed by atoms with Gasteiger partial charge in [0.1, 0.15) is 17.0 Å². The molecule has 1 aliphatic heterocycles. The summed E-state index contributed by atoms with van der Waals surface area (Å²) in [6, 6.07) is 22.6. The summed E-state index contributed by atoms with van der Waals surface area (Å²) in [6.45, 7) is 0. The smallest absolute Gasteiger partial charge is 0.119 e. The first-order valence-electron chi connectivity index (χ1n) is 30.0. The van der Waals surface area contributed by atoms with Gasteiger partial charge in [-0.2, -0.15) is 10.2 Å². The molecule has 2 heterocycles. The van der Waals surface area contributed by atoms with E-state index in [2.05, 4.69) is 76.6 Å². The van der Waals surface area contributed by atoms with E-state index < -0.39 is 11.0 Å². The molecule has 1 aromatic heterocycles. The fourth-order valence-electron chi connectivity index (χ4n) is 27.4. The van der Waals surface area contributed by atoms with E-state index in [-0.39, 0.29) is 11.8 Å². The lowest BCUT2D eigenvalue weighted by atomic mass is 9.44. The van der Waals surface area contributed by atoms with Crippen molar-refractivity contribution in [3.63, 3.8) is 0 Å². The summed E-state index contributed by atoms with van der Waals surface area (Å²) in [5.74, 6) is 0.893. The fourth-order valence-corrected chi connectivity index (χ4v) is 27.4. The van der Waals surface area contributed by atoms with Gasteiger partial charge in [-0.05, 0) is 345 Å². The summed E-state index contributed by atoms with van der Waals surface area (Å²) in [6.07, 6.45) is 2.08. The fraction of sp³-hybridized carbons (Fsp3) is 0.0649. The van der Waals surface area contributed by atoms with Crippen LogP contribution in [0.3, 0.4) is 0 Å². The molecule has 6 aliphatic carbocycles. The van der Waals surface area contributed by atoms with Crippen LogP contribution in [0.15, 0.2) is 72.0 Å². The summed E-state index contributed by atoms with van der Waals surface area (Å²) < 4.78 is 8.35. The van der Waals surface area contributed by atoms with Crippen molar-refractivity contribution in [3.05, 3.63) is 106 Å². The van der Waals surface area contributed by atoms with Gasteiger partial charge in [-0.15, -0.1) is 0 Å². The largest absolute Gasteiger partial charge is 0.497 e. The van der Waals surface area contributed by atoms with Gasteiger partial charge in [0.2, 0.25) is 0 Å². The molecule has 5 nitrogen and oxygen atoms in total. The second-order valence-corrected chi connectivity index (χ2v) is 28.5. The van der Waals surface area contributed by atoms with Gasteiger partial charge < -0.3 is 4.74 Å². The Balaban J connectivity index is 1.02. The van der Waals surface area contributed by atoms with E-state index in [1.54, 1.807) is 303 Å². The average molecular weight is 1010 g/mol. The lowest BCUT2D eigenvalue weighted by molar-refractivity contribution is 0.243. The number of aromatic nitrogens is 2. The first-order chi connectivity index (χ1) is 40.8. The van der Waals surface area contributed by atoms with Crippen molar-refractivity contribution >= 4 is 281 Å². The molecule has 82 heavy (non-hydrogen) atoms. The predicted octanol–water partition coefficient (Wildman–Crippen LogP) is 18.9. The van der Waals surface area contributed by atoms with E-state index in [1.165, 1.54) is 5.71 Å². The Morgan fingerprint density at radius 3 is 1.13 bits per heavy atom. The van der Waals surface area contributed by atoms with Gasteiger partial charge in [0.15, 0.2) is 0 Å². The summed E-state index contributed by atoms with van der Waals surface area (Å²) in [7, 11) is 1.81. The minimum Gasteiger partial charge on any atom is -0.497 e. The Morgan fingerprint density at radius 1 is 0.329 bits per heavy atom. The Hall–Kier alpha value is -10.4. The van der Waals surface area contributed by atoms with Crippen molar-refractivity contribution in [2.75, 3.05) is 12.1 Å². The molecule has 4 atom stereocenters. The minimum absolute atomic E-state index is 0.00652. The van der Waals surface area contributed by atoms with Crippen molar-refractivity contribution in [3.8, 4) is 11.4 Å². The van der Waals surface area contributed by atoms with Crippen LogP contribution in [0.1, 0.15) is 50.9 Å². The predicted molar refractivity (Wildman–Crippen MR) is 336 cm³/mol. The van der Waals surface area contributed by atoms with E-state index >= 15 is 0 Å². The molecule has 0 saturated heterocycles. The minimum atomic E-state index is -0.691. The molecular formula is C77H16N4O. The molecule has 0 amide bonds. The molecule has 0 saturated carbocycles. The number of anilines is 1. The number of hydrogen-bond donors (Lipinski definition) is 0. The third kappa shape index (κ3) is 1.85. The van der Waals surface area contributed by atoms with Crippen LogP contribution in [0, 0.1) is 0 Å². The molecule has 0 fully saturated rings. The molecule has 28 aromatic carbocycles. The van der Waals surface area contributed by atoms with Gasteiger partial charge in [0.05, 0.1) is 35.8 Å². The van der Waals surface area contributed by atoms with Crippen LogP contribution in [-0.2, 0) is 11.0 Å². The molecule has 29 aromatic rings. The number of nitrogens with zero attached hydrogens (tertiary/aromatic N) is 4. The van der Waals surface area contributed by atoms with Crippen LogP contribution in [0.5, 0.6) is 5.75 Å². The van der Waals surface area contributed by atoms with Crippen molar-refractivity contribution in [2.24, 2.45) is 5.10 Å². The first kappa shape index (κ1) is 32.0. The zero-order valence-electron chi connectivity index (χ0n) is 42.2. The van der Waals surface area contributed by atoms with Crippen LogP contribution in [-0.4, -0.2) is 22.6 Å². The van der Waals surface area contributed by atoms with E-state index in [4.69, 9.17) is 14.9 Å². The van der Waals surface area contributed by atoms with Crippen molar-refractivity contribution in [1.29, 1.82) is 0 Å². The molecule has 350 valence electrons. The number of hydrogen-bond acceptors (Lipinski definition) is 4. The van der Waals surface area contributed by atoms with Crippen LogP contribution in [0.2, 0.25) is 0 Å². The summed E-state index contributed by atoms with van der Waals surface area (Å²) >= 11 is 0. The van der Waals surface area contributed by atoms with Gasteiger partial charge in [-0.3, -0.25) is 5.01 Å². The van der Waals surface area contributed by atoms with Gasteiger partial charge in [0, 0.05) is 11.8 Å². The van der Waals surface area contributed by atoms with Gasteiger partial charge in [-0.1, -0.05) is 18.2 Å². The highest BCUT2D eigenvalue weighted by atomic mass is 16.5. The third-order valence-corrected chi connectivity index (χ3v) is 27.9. The number of para-hydroxylation sites is 1. The second-order valence-electron chi connectivity index (χ2n) is 28.5. The second kappa shape index (κ2) is 7.72. The van der Waals surface area contributed by atoms with E-state index in [9.17, 15) is 0 Å². The quantitative estimate of drug-likeness (QED) is 0.165. The zero-order chi connectivity index (χ0) is 49.4. The van der Waals surface area contributed by atoms with Gasteiger partial charge >= 0.3 is 0 Å². The number of methoxy groups -OCH3 is 1. The Kier molecular flexibility index (Phi) is 3.02. The Labute approximate surface area is 450 Å². The summed E-state index contributed by atoms with van der Waals surface area (Å²) in [5, 5.41) is 95.6. The maximum Gasteiger partial charge on any atom is 0.119 e. The molecule has 2 spiro atoms. The van der Waals surface area contributed by atoms with Gasteiger partial charge in [-0.25, -0.2) is 4.68 Å². The molecule has 36 rings (SSSR count). The zero-order valence-corrected chi connectivity index (χ0v) is 42.2. The van der Waals surface area contributed by atoms with Crippen LogP contribution in [0.4, 0.5) is 5.69 Å². The summed E-state index contributed by atoms with van der Waals surface area (Å²) in [5.41, 5.74) is 13.0. The first-order valence-corrected chi connectivity index (χ1v) is 30.0. The topological polar surface area (TPSA) is 42.6 Å². The van der Waals surface area contributed by atoms with E-state index in [1.807, 2.05) is 7.11 Å². The maximum atomic E-state index is 6.69. The molecule has 0 radical (unpaired) electrons. The Morgan fingerprint density at radius 2 is 0.683 bits per heavy atom. The highest BCUT2D eigenvalue weighted by molar-refractivity contribution is 6.81. The lowest BCUT2D eigenvalue weighted by Crippen LogP contribution is -2.64. The number of rotatable bonds is 4. The van der Waals surface area contributed by atoms with E-state index in [0.717, 1.165) is 22.8 Å². The number of benzene rings is 18. The van der Waals surface area contributed by atoms with Crippen LogP contribution in [0.25, 0.3) is 275 Å². The average Bonchev–Trinajstić information content (AvgIpc) is 1.40. The van der Waals surface area contributed by atoms with E-state index in [0.29, 0.717) is 0 Å². The normalized spacial score (nSPS) is 23.1. The standard InChI is InChI=1S/C77H16N4O/c1-82-15-9-7-14(8-10-15)81-77-73-67-61-51-39-31-23-19-17-18-21-25(23)33(39)43-37-29(21)30-22(18)26-24-20(17)28-27(19)35-41(31)49-55-45(35)46-36(28)42-32(24)40-34(26)44-38(30)48-47(37)59(53(43)61)69(73)70-60(48)54(44)62-52(40)58-50(42)56(46)64-63(55)71(65(67)57(49)51)76(77,72(64)66(58)68(62)74(70)77)75(79-81)16-11-12-78-80(16)13-5-3-2-4-6-13/h2-12,71,73H,1H3. The SMILES string of the molecule is COc1ccc(N2N=C(c3ccnn3-c3ccccc3)C34c5c6c7c8c9c%10c(c%11c%12c%13c%14c%15c%16c(c%17c5c5c%18c6c6c8c8c9c9c(c%10%12)c%10c%13c%12c%14c%13c%16c%14c%17c5c5c%16c%18c6c6c8c8c9c%10c9c%12c%10c%13c%14c5c5c%16c6c8c9c%105)C23C%11%15)C74)cc1. The molecule has 7 aliphatic rings. The highest BCUT2D eigenvalue weighted by Crippen LogP contribution is 2.89. The molecule has 0 bridgehead atoms. The Bertz CT molecular complexity index is 8280. The van der Waals surface area contributed by atoms with Crippen LogP contribution >= 0.6 is 0 Å².